The molecule has 0 radical (unpaired) electrons. The summed E-state index contributed by atoms with van der Waals surface area (Å²) in [6.07, 6.45) is 4.71. The molecule has 2 rings (SSSR count). The second-order valence-electron chi connectivity index (χ2n) is 5.52. The van der Waals surface area contributed by atoms with E-state index in [1.807, 2.05) is 6.92 Å². The van der Waals surface area contributed by atoms with Gasteiger partial charge < -0.3 is 5.73 Å². The first-order chi connectivity index (χ1) is 8.89. The number of anilines is 1. The van der Waals surface area contributed by atoms with Crippen molar-refractivity contribution in [2.24, 2.45) is 5.92 Å². The molecule has 1 aromatic carbocycles. The molecule has 0 aliphatic heterocycles. The molecule has 0 heterocycles. The average Bonchev–Trinajstić information content (AvgIpc) is 2.80. The zero-order chi connectivity index (χ0) is 14.0. The number of benzene rings is 1. The Labute approximate surface area is 115 Å². The molecule has 0 spiro atoms. The fourth-order valence-electron chi connectivity index (χ4n) is 2.76. The van der Waals surface area contributed by atoms with E-state index in [0.29, 0.717) is 23.0 Å². The first kappa shape index (κ1) is 14.3. The van der Waals surface area contributed by atoms with Gasteiger partial charge in [-0.25, -0.2) is 12.7 Å². The molecule has 0 atom stereocenters. The molecule has 19 heavy (non-hydrogen) atoms. The van der Waals surface area contributed by atoms with Crippen LogP contribution in [0.4, 0.5) is 5.69 Å². The lowest BCUT2D eigenvalue weighted by molar-refractivity contribution is 0.387. The number of aryl methyl sites for hydroxylation is 1. The Hall–Kier alpha value is -1.07. The van der Waals surface area contributed by atoms with Gasteiger partial charge in [-0.05, 0) is 49.4 Å². The van der Waals surface area contributed by atoms with E-state index in [9.17, 15) is 8.42 Å². The summed E-state index contributed by atoms with van der Waals surface area (Å²) in [6.45, 7) is 2.46. The van der Waals surface area contributed by atoms with E-state index in [2.05, 4.69) is 0 Å². The summed E-state index contributed by atoms with van der Waals surface area (Å²) in [5.41, 5.74) is 7.10. The van der Waals surface area contributed by atoms with Gasteiger partial charge in [0.2, 0.25) is 10.0 Å². The van der Waals surface area contributed by atoms with Gasteiger partial charge in [0.1, 0.15) is 0 Å². The van der Waals surface area contributed by atoms with Gasteiger partial charge in [-0.1, -0.05) is 12.8 Å². The third kappa shape index (κ3) is 3.28. The molecule has 1 aliphatic rings. The van der Waals surface area contributed by atoms with Crippen molar-refractivity contribution in [3.63, 3.8) is 0 Å². The number of rotatable bonds is 4. The summed E-state index contributed by atoms with van der Waals surface area (Å²) in [5.74, 6) is 0.502. The van der Waals surface area contributed by atoms with Crippen molar-refractivity contribution < 1.29 is 8.42 Å². The van der Waals surface area contributed by atoms with Crippen LogP contribution >= 0.6 is 0 Å². The van der Waals surface area contributed by atoms with Crippen LogP contribution in [0.15, 0.2) is 23.1 Å². The van der Waals surface area contributed by atoms with Crippen molar-refractivity contribution in [2.45, 2.75) is 37.5 Å². The van der Waals surface area contributed by atoms with E-state index < -0.39 is 10.0 Å². The molecule has 2 N–H and O–H groups in total. The quantitative estimate of drug-likeness (QED) is 0.862. The van der Waals surface area contributed by atoms with Crippen LogP contribution in [-0.4, -0.2) is 26.3 Å². The Morgan fingerprint density at radius 3 is 2.47 bits per heavy atom. The van der Waals surface area contributed by atoms with Crippen LogP contribution in [0, 0.1) is 12.8 Å². The third-order valence-corrected chi connectivity index (χ3v) is 5.57. The lowest BCUT2D eigenvalue weighted by Gasteiger charge is -2.21. The molecule has 5 heteroatoms. The zero-order valence-corrected chi connectivity index (χ0v) is 12.4. The molecule has 0 aromatic heterocycles. The van der Waals surface area contributed by atoms with Crippen molar-refractivity contribution in [1.29, 1.82) is 0 Å². The number of sulfonamides is 1. The molecule has 1 fully saturated rings. The number of nitrogen functional groups attached to an aromatic ring is 1. The summed E-state index contributed by atoms with van der Waals surface area (Å²) in [6, 6.07) is 4.99. The number of nitrogens with zero attached hydrogens (tertiary/aromatic N) is 1. The minimum atomic E-state index is -3.42. The largest absolute Gasteiger partial charge is 0.399 e. The van der Waals surface area contributed by atoms with Crippen molar-refractivity contribution in [2.75, 3.05) is 19.3 Å². The molecular formula is C14H22N2O2S. The Balaban J connectivity index is 2.20. The summed E-state index contributed by atoms with van der Waals surface area (Å²) in [5, 5.41) is 0. The van der Waals surface area contributed by atoms with Crippen LogP contribution in [0.1, 0.15) is 31.2 Å². The molecule has 1 aromatic rings. The second-order valence-corrected chi connectivity index (χ2v) is 7.56. The van der Waals surface area contributed by atoms with Crippen molar-refractivity contribution in [3.05, 3.63) is 23.8 Å². The monoisotopic (exact) mass is 282 g/mol. The predicted molar refractivity (Wildman–Crippen MR) is 77.4 cm³/mol. The SMILES string of the molecule is Cc1cc(N)cc(S(=O)(=O)N(C)CC2CCCC2)c1. The van der Waals surface area contributed by atoms with Gasteiger partial charge >= 0.3 is 0 Å². The van der Waals surface area contributed by atoms with Gasteiger partial charge in [-0.15, -0.1) is 0 Å². The van der Waals surface area contributed by atoms with Crippen LogP contribution in [0.2, 0.25) is 0 Å². The smallest absolute Gasteiger partial charge is 0.242 e. The van der Waals surface area contributed by atoms with Crippen molar-refractivity contribution in [3.8, 4) is 0 Å². The highest BCUT2D eigenvalue weighted by Crippen LogP contribution is 2.27. The predicted octanol–water partition coefficient (Wildman–Crippen LogP) is 2.39. The number of nitrogens with two attached hydrogens (primary N) is 1. The Kier molecular flexibility index (Phi) is 4.16. The van der Waals surface area contributed by atoms with Gasteiger partial charge in [0.15, 0.2) is 0 Å². The van der Waals surface area contributed by atoms with E-state index in [1.54, 1.807) is 19.2 Å². The summed E-state index contributed by atoms with van der Waals surface area (Å²) >= 11 is 0. The van der Waals surface area contributed by atoms with Gasteiger partial charge in [0.05, 0.1) is 4.90 Å². The van der Waals surface area contributed by atoms with Gasteiger partial charge in [0, 0.05) is 19.3 Å². The van der Waals surface area contributed by atoms with Gasteiger partial charge in [-0.3, -0.25) is 0 Å². The highest BCUT2D eigenvalue weighted by Gasteiger charge is 2.25. The summed E-state index contributed by atoms with van der Waals surface area (Å²) in [4.78, 5) is 0.297. The highest BCUT2D eigenvalue weighted by molar-refractivity contribution is 7.89. The first-order valence-corrected chi connectivity index (χ1v) is 8.17. The minimum Gasteiger partial charge on any atom is -0.399 e. The summed E-state index contributed by atoms with van der Waals surface area (Å²) in [7, 11) is -1.76. The lowest BCUT2D eigenvalue weighted by atomic mass is 10.1. The van der Waals surface area contributed by atoms with E-state index in [1.165, 1.54) is 23.2 Å². The fourth-order valence-corrected chi connectivity index (χ4v) is 4.15. The number of hydrogen-bond donors (Lipinski definition) is 1. The second kappa shape index (κ2) is 5.51. The Morgan fingerprint density at radius 2 is 1.89 bits per heavy atom. The molecule has 106 valence electrons. The van der Waals surface area contributed by atoms with Crippen LogP contribution < -0.4 is 5.73 Å². The van der Waals surface area contributed by atoms with E-state index in [4.69, 9.17) is 5.73 Å². The fraction of sp³-hybridized carbons (Fsp3) is 0.571. The molecule has 0 amide bonds. The minimum absolute atomic E-state index is 0.297. The first-order valence-electron chi connectivity index (χ1n) is 6.73. The summed E-state index contributed by atoms with van der Waals surface area (Å²) < 4.78 is 26.5. The molecule has 1 aliphatic carbocycles. The van der Waals surface area contributed by atoms with E-state index in [0.717, 1.165) is 18.4 Å². The van der Waals surface area contributed by atoms with Crippen LogP contribution in [-0.2, 0) is 10.0 Å². The zero-order valence-electron chi connectivity index (χ0n) is 11.6. The van der Waals surface area contributed by atoms with Crippen molar-refractivity contribution in [1.82, 2.24) is 4.31 Å². The molecule has 1 saturated carbocycles. The maximum absolute atomic E-state index is 12.5. The van der Waals surface area contributed by atoms with E-state index in [-0.39, 0.29) is 0 Å². The maximum atomic E-state index is 12.5. The van der Waals surface area contributed by atoms with Crippen LogP contribution in [0.5, 0.6) is 0 Å². The molecule has 4 nitrogen and oxygen atoms in total. The normalized spacial score (nSPS) is 17.2. The molecule has 0 bridgehead atoms. The maximum Gasteiger partial charge on any atom is 0.242 e. The Morgan fingerprint density at radius 1 is 1.26 bits per heavy atom. The molecular weight excluding hydrogens is 260 g/mol. The van der Waals surface area contributed by atoms with E-state index >= 15 is 0 Å². The lowest BCUT2D eigenvalue weighted by Crippen LogP contribution is -2.31. The molecule has 0 unspecified atom stereocenters. The molecule has 0 saturated heterocycles. The third-order valence-electron chi connectivity index (χ3n) is 3.77. The topological polar surface area (TPSA) is 63.4 Å². The van der Waals surface area contributed by atoms with Gasteiger partial charge in [-0.2, -0.15) is 0 Å². The average molecular weight is 282 g/mol. The van der Waals surface area contributed by atoms with Gasteiger partial charge in [0.25, 0.3) is 0 Å². The number of hydrogen-bond acceptors (Lipinski definition) is 3. The standard InChI is InChI=1S/C14H22N2O2S/c1-11-7-13(15)9-14(8-11)19(17,18)16(2)10-12-5-3-4-6-12/h7-9,12H,3-6,10,15H2,1-2H3. The van der Waals surface area contributed by atoms with Crippen LogP contribution in [0.25, 0.3) is 0 Å². The van der Waals surface area contributed by atoms with Crippen molar-refractivity contribution >= 4 is 15.7 Å². The Bertz CT molecular complexity index is 528. The van der Waals surface area contributed by atoms with Crippen LogP contribution in [0.3, 0.4) is 0 Å². The highest BCUT2D eigenvalue weighted by atomic mass is 32.2.